The Morgan fingerprint density at radius 3 is 2.71 bits per heavy atom. The summed E-state index contributed by atoms with van der Waals surface area (Å²) in [6.07, 6.45) is 1.85. The molecular formula is C9H15N2O2S+. The van der Waals surface area contributed by atoms with Crippen molar-refractivity contribution in [1.29, 1.82) is 0 Å². The summed E-state index contributed by atoms with van der Waals surface area (Å²) in [5.74, 6) is 0. The van der Waals surface area contributed by atoms with Crippen molar-refractivity contribution >= 4 is 12.2 Å². The normalized spacial score (nSPS) is 10.5. The number of aromatic nitrogens is 2. The van der Waals surface area contributed by atoms with Gasteiger partial charge in [0.2, 0.25) is 0 Å². The number of hydrogen-bond donors (Lipinski definition) is 2. The standard InChI is InChI=1S/C9H15N2O2S/c1-8-2-3-10(4-6-12)9(14)11(8)5-7-13/h2-3,12-13H,4-7H2,1H3/q+1. The number of rotatable bonds is 4. The van der Waals surface area contributed by atoms with Crippen LogP contribution in [0.1, 0.15) is 5.69 Å². The Labute approximate surface area is 88.1 Å². The molecule has 0 aromatic carbocycles. The lowest BCUT2D eigenvalue weighted by Gasteiger charge is -2.05. The van der Waals surface area contributed by atoms with E-state index in [1.165, 1.54) is 0 Å². The van der Waals surface area contributed by atoms with Crippen LogP contribution in [0.4, 0.5) is 0 Å². The largest absolute Gasteiger partial charge is 0.392 e. The molecule has 14 heavy (non-hydrogen) atoms. The van der Waals surface area contributed by atoms with Crippen molar-refractivity contribution in [2.75, 3.05) is 13.2 Å². The highest BCUT2D eigenvalue weighted by molar-refractivity contribution is 7.71. The maximum absolute atomic E-state index is 8.86. The first-order valence-electron chi connectivity index (χ1n) is 4.52. The summed E-state index contributed by atoms with van der Waals surface area (Å²) < 4.78 is 4.27. The van der Waals surface area contributed by atoms with E-state index < -0.39 is 0 Å². The van der Waals surface area contributed by atoms with E-state index in [-0.39, 0.29) is 13.2 Å². The summed E-state index contributed by atoms with van der Waals surface area (Å²) in [5.41, 5.74) is 1.01. The van der Waals surface area contributed by atoms with E-state index >= 15 is 0 Å². The Kier molecular flexibility index (Phi) is 4.19. The average molecular weight is 215 g/mol. The van der Waals surface area contributed by atoms with Crippen LogP contribution in [0.5, 0.6) is 0 Å². The highest BCUT2D eigenvalue weighted by Crippen LogP contribution is 1.93. The maximum Gasteiger partial charge on any atom is 0.351 e. The third-order valence-electron chi connectivity index (χ3n) is 2.06. The Hall–Kier alpha value is -0.780. The Balaban J connectivity index is 3.12. The van der Waals surface area contributed by atoms with Gasteiger partial charge in [-0.15, -0.1) is 0 Å². The van der Waals surface area contributed by atoms with Gasteiger partial charge in [-0.3, -0.25) is 0 Å². The molecule has 0 radical (unpaired) electrons. The molecule has 0 bridgehead atoms. The molecule has 0 aliphatic heterocycles. The minimum atomic E-state index is 0.0660. The molecule has 1 rings (SSSR count). The van der Waals surface area contributed by atoms with Gasteiger partial charge in [0, 0.05) is 18.3 Å². The van der Waals surface area contributed by atoms with E-state index in [0.717, 1.165) is 5.69 Å². The zero-order valence-electron chi connectivity index (χ0n) is 8.18. The molecule has 1 aromatic rings. The van der Waals surface area contributed by atoms with Crippen LogP contribution in [0.3, 0.4) is 0 Å². The monoisotopic (exact) mass is 215 g/mol. The van der Waals surface area contributed by atoms with Crippen LogP contribution in [0, 0.1) is 11.7 Å². The van der Waals surface area contributed by atoms with Gasteiger partial charge < -0.3 is 10.2 Å². The van der Waals surface area contributed by atoms with E-state index in [9.17, 15) is 0 Å². The molecule has 78 valence electrons. The summed E-state index contributed by atoms with van der Waals surface area (Å²) in [7, 11) is 0. The number of aliphatic hydroxyl groups excluding tert-OH is 2. The quantitative estimate of drug-likeness (QED) is 0.540. The van der Waals surface area contributed by atoms with Gasteiger partial charge in [0.05, 0.1) is 19.4 Å². The highest BCUT2D eigenvalue weighted by atomic mass is 32.1. The lowest BCUT2D eigenvalue weighted by molar-refractivity contribution is -0.714. The second-order valence-electron chi connectivity index (χ2n) is 3.03. The molecule has 0 aliphatic rings. The van der Waals surface area contributed by atoms with Crippen LogP contribution in [-0.4, -0.2) is 28.0 Å². The molecule has 2 N–H and O–H groups in total. The third-order valence-corrected chi connectivity index (χ3v) is 2.52. The van der Waals surface area contributed by atoms with Crippen LogP contribution in [-0.2, 0) is 13.1 Å². The molecule has 0 fully saturated rings. The maximum atomic E-state index is 8.86. The van der Waals surface area contributed by atoms with Gasteiger partial charge in [0.15, 0.2) is 0 Å². The topological polar surface area (TPSA) is 49.3 Å². The number of aliphatic hydroxyl groups is 2. The van der Waals surface area contributed by atoms with E-state index in [4.69, 9.17) is 22.4 Å². The van der Waals surface area contributed by atoms with Crippen molar-refractivity contribution in [3.05, 3.63) is 22.7 Å². The summed E-state index contributed by atoms with van der Waals surface area (Å²) in [5, 5.41) is 17.7. The van der Waals surface area contributed by atoms with Crippen molar-refractivity contribution in [2.45, 2.75) is 20.0 Å². The van der Waals surface area contributed by atoms with Crippen molar-refractivity contribution < 1.29 is 14.8 Å². The molecule has 0 aliphatic carbocycles. The molecule has 0 saturated heterocycles. The molecule has 0 spiro atoms. The number of aryl methyl sites for hydroxylation is 1. The molecule has 5 heteroatoms. The SMILES string of the molecule is Cc1ccn(CCO)c(=S)[n+]1CCO. The fourth-order valence-electron chi connectivity index (χ4n) is 1.31. The van der Waals surface area contributed by atoms with Gasteiger partial charge in [-0.1, -0.05) is 0 Å². The minimum absolute atomic E-state index is 0.0660. The Morgan fingerprint density at radius 1 is 1.43 bits per heavy atom. The fourth-order valence-corrected chi connectivity index (χ4v) is 1.69. The number of nitrogens with zero attached hydrogens (tertiary/aromatic N) is 2. The summed E-state index contributed by atoms with van der Waals surface area (Å²) in [6, 6.07) is 1.92. The number of hydrogen-bond acceptors (Lipinski definition) is 3. The summed E-state index contributed by atoms with van der Waals surface area (Å²) in [6.45, 7) is 3.06. The van der Waals surface area contributed by atoms with Crippen LogP contribution in [0.15, 0.2) is 12.3 Å². The van der Waals surface area contributed by atoms with Crippen molar-refractivity contribution in [3.63, 3.8) is 0 Å². The van der Waals surface area contributed by atoms with Crippen molar-refractivity contribution in [3.8, 4) is 0 Å². The molecule has 4 nitrogen and oxygen atoms in total. The molecule has 0 atom stereocenters. The zero-order chi connectivity index (χ0) is 10.6. The molecular weight excluding hydrogens is 200 g/mol. The first-order chi connectivity index (χ1) is 6.70. The minimum Gasteiger partial charge on any atom is -0.392 e. The van der Waals surface area contributed by atoms with Crippen LogP contribution >= 0.6 is 12.2 Å². The first-order valence-corrected chi connectivity index (χ1v) is 4.93. The molecule has 0 amide bonds. The fraction of sp³-hybridized carbons (Fsp3) is 0.556. The van der Waals surface area contributed by atoms with Gasteiger partial charge in [-0.25, -0.2) is 9.13 Å². The summed E-state index contributed by atoms with van der Waals surface area (Å²) >= 11 is 5.21. The molecule has 0 saturated carbocycles. The molecule has 0 unspecified atom stereocenters. The average Bonchev–Trinajstić information content (AvgIpc) is 2.17. The second kappa shape index (κ2) is 5.19. The van der Waals surface area contributed by atoms with Crippen LogP contribution < -0.4 is 4.57 Å². The Morgan fingerprint density at radius 2 is 2.14 bits per heavy atom. The van der Waals surface area contributed by atoms with Crippen molar-refractivity contribution in [2.24, 2.45) is 0 Å². The van der Waals surface area contributed by atoms with Gasteiger partial charge in [-0.05, 0) is 6.92 Å². The first kappa shape index (κ1) is 11.3. The van der Waals surface area contributed by atoms with E-state index in [2.05, 4.69) is 0 Å². The van der Waals surface area contributed by atoms with Crippen LogP contribution in [0.25, 0.3) is 0 Å². The molecule has 1 aromatic heterocycles. The van der Waals surface area contributed by atoms with Gasteiger partial charge >= 0.3 is 4.77 Å². The van der Waals surface area contributed by atoms with E-state index in [0.29, 0.717) is 17.9 Å². The van der Waals surface area contributed by atoms with E-state index in [1.54, 1.807) is 4.57 Å². The highest BCUT2D eigenvalue weighted by Gasteiger charge is 2.08. The lowest BCUT2D eigenvalue weighted by Crippen LogP contribution is -2.42. The lowest BCUT2D eigenvalue weighted by atomic mass is 10.4. The smallest absolute Gasteiger partial charge is 0.351 e. The predicted molar refractivity (Wildman–Crippen MR) is 54.4 cm³/mol. The van der Waals surface area contributed by atoms with E-state index in [1.807, 2.05) is 23.8 Å². The Bertz CT molecular complexity index is 362. The summed E-state index contributed by atoms with van der Waals surface area (Å²) in [4.78, 5) is 0. The van der Waals surface area contributed by atoms with Gasteiger partial charge in [0.1, 0.15) is 18.8 Å². The second-order valence-corrected chi connectivity index (χ2v) is 3.40. The van der Waals surface area contributed by atoms with Gasteiger partial charge in [-0.2, -0.15) is 0 Å². The predicted octanol–water partition coefficient (Wildman–Crippen LogP) is -0.202. The third kappa shape index (κ3) is 2.37. The van der Waals surface area contributed by atoms with Gasteiger partial charge in [0.25, 0.3) is 0 Å². The zero-order valence-corrected chi connectivity index (χ0v) is 9.00. The van der Waals surface area contributed by atoms with Crippen LogP contribution in [0.2, 0.25) is 0 Å². The van der Waals surface area contributed by atoms with Crippen molar-refractivity contribution in [1.82, 2.24) is 4.57 Å². The molecule has 1 heterocycles.